The van der Waals surface area contributed by atoms with Gasteiger partial charge >= 0.3 is 0 Å². The molecule has 4 aromatic rings. The van der Waals surface area contributed by atoms with E-state index < -0.39 is 0 Å². The van der Waals surface area contributed by atoms with Crippen LogP contribution >= 0.6 is 23.1 Å². The fourth-order valence-corrected chi connectivity index (χ4v) is 3.93. The number of rotatable bonds is 5. The summed E-state index contributed by atoms with van der Waals surface area (Å²) in [5.41, 5.74) is 1.68. The summed E-state index contributed by atoms with van der Waals surface area (Å²) < 4.78 is 0. The molecule has 5 nitrogen and oxygen atoms in total. The quantitative estimate of drug-likeness (QED) is 0.519. The van der Waals surface area contributed by atoms with Gasteiger partial charge in [0.25, 0.3) is 5.91 Å². The number of carbonyl (C=O) groups excluding carboxylic acids is 1. The highest BCUT2D eigenvalue weighted by Gasteiger charge is 2.12. The maximum atomic E-state index is 12.5. The fourth-order valence-electron chi connectivity index (χ4n) is 2.34. The highest BCUT2D eigenvalue weighted by atomic mass is 32.2. The van der Waals surface area contributed by atoms with Gasteiger partial charge in [-0.1, -0.05) is 48.2 Å². The van der Waals surface area contributed by atoms with Crippen molar-refractivity contribution < 1.29 is 4.79 Å². The number of hydrogen-bond acceptors (Lipinski definition) is 6. The van der Waals surface area contributed by atoms with E-state index in [2.05, 4.69) is 20.3 Å². The average molecular weight is 390 g/mol. The second-order valence-corrected chi connectivity index (χ2v) is 7.57. The lowest BCUT2D eigenvalue weighted by atomic mass is 10.2. The Kier molecular flexibility index (Phi) is 5.22. The van der Waals surface area contributed by atoms with Gasteiger partial charge in [0.2, 0.25) is 0 Å². The van der Waals surface area contributed by atoms with Crippen LogP contribution in [-0.4, -0.2) is 20.9 Å². The molecule has 0 aliphatic carbocycles. The largest absolute Gasteiger partial charge is 0.321 e. The van der Waals surface area contributed by atoms with Crippen molar-refractivity contribution in [1.82, 2.24) is 15.0 Å². The summed E-state index contributed by atoms with van der Waals surface area (Å²) in [6.45, 7) is 0. The van der Waals surface area contributed by atoms with E-state index in [9.17, 15) is 4.79 Å². The molecule has 27 heavy (non-hydrogen) atoms. The zero-order valence-electron chi connectivity index (χ0n) is 14.1. The molecule has 0 atom stereocenters. The molecule has 1 aromatic carbocycles. The van der Waals surface area contributed by atoms with Gasteiger partial charge in [0.05, 0.1) is 6.20 Å². The van der Waals surface area contributed by atoms with E-state index in [0.717, 1.165) is 20.6 Å². The molecule has 0 aliphatic heterocycles. The number of hydrogen-bond donors (Lipinski definition) is 1. The topological polar surface area (TPSA) is 67.8 Å². The molecule has 1 N–H and O–H groups in total. The van der Waals surface area contributed by atoms with Gasteiger partial charge in [0.15, 0.2) is 0 Å². The number of benzene rings is 1. The van der Waals surface area contributed by atoms with Crippen molar-refractivity contribution >= 4 is 34.7 Å². The molecular weight excluding hydrogens is 376 g/mol. The van der Waals surface area contributed by atoms with Gasteiger partial charge in [0.1, 0.15) is 19.9 Å². The predicted molar refractivity (Wildman–Crippen MR) is 108 cm³/mol. The molecule has 3 heterocycles. The first-order valence-corrected chi connectivity index (χ1v) is 9.79. The lowest BCUT2D eigenvalue weighted by Gasteiger charge is -2.05. The molecule has 0 radical (unpaired) electrons. The smallest absolute Gasteiger partial charge is 0.267 e. The molecule has 1 amide bonds. The zero-order chi connectivity index (χ0) is 18.5. The van der Waals surface area contributed by atoms with E-state index in [1.54, 1.807) is 24.7 Å². The molecule has 3 aromatic heterocycles. The number of amides is 1. The Bertz CT molecular complexity index is 1050. The van der Waals surface area contributed by atoms with Crippen LogP contribution in [0.4, 0.5) is 5.69 Å². The van der Waals surface area contributed by atoms with Crippen molar-refractivity contribution in [3.8, 4) is 10.6 Å². The van der Waals surface area contributed by atoms with E-state index in [-0.39, 0.29) is 5.91 Å². The van der Waals surface area contributed by atoms with Crippen LogP contribution in [0.5, 0.6) is 0 Å². The first-order valence-electron chi connectivity index (χ1n) is 8.15. The number of anilines is 1. The SMILES string of the molecule is O=C(Nc1ccnc(Sc2ccccn2)c1)c1cnc(-c2ccccc2)s1. The summed E-state index contributed by atoms with van der Waals surface area (Å²) >= 11 is 2.81. The minimum absolute atomic E-state index is 0.185. The monoisotopic (exact) mass is 390 g/mol. The molecule has 0 spiro atoms. The summed E-state index contributed by atoms with van der Waals surface area (Å²) in [6.07, 6.45) is 5.01. The summed E-state index contributed by atoms with van der Waals surface area (Å²) in [5.74, 6) is -0.185. The molecule has 0 aliphatic rings. The summed E-state index contributed by atoms with van der Waals surface area (Å²) in [7, 11) is 0. The minimum atomic E-state index is -0.185. The number of nitrogens with zero attached hydrogens (tertiary/aromatic N) is 3. The number of thiazole rings is 1. The second kappa shape index (κ2) is 8.11. The zero-order valence-corrected chi connectivity index (χ0v) is 15.7. The molecule has 0 saturated heterocycles. The second-order valence-electron chi connectivity index (χ2n) is 5.50. The molecule has 4 rings (SSSR count). The third-order valence-electron chi connectivity index (χ3n) is 3.59. The summed E-state index contributed by atoms with van der Waals surface area (Å²) in [6, 6.07) is 19.1. The third kappa shape index (κ3) is 4.39. The van der Waals surface area contributed by atoms with Crippen LogP contribution in [0.3, 0.4) is 0 Å². The molecule has 0 bridgehead atoms. The van der Waals surface area contributed by atoms with Crippen LogP contribution in [0.25, 0.3) is 10.6 Å². The Labute approximate surface area is 164 Å². The lowest BCUT2D eigenvalue weighted by Crippen LogP contribution is -2.10. The normalized spacial score (nSPS) is 10.5. The number of pyridine rings is 2. The van der Waals surface area contributed by atoms with Crippen LogP contribution in [0, 0.1) is 0 Å². The Morgan fingerprint density at radius 2 is 1.70 bits per heavy atom. The Hall–Kier alpha value is -3.03. The predicted octanol–water partition coefficient (Wildman–Crippen LogP) is 5.00. The summed E-state index contributed by atoms with van der Waals surface area (Å²) in [4.78, 5) is 26.1. The van der Waals surface area contributed by atoms with Crippen LogP contribution < -0.4 is 5.32 Å². The lowest BCUT2D eigenvalue weighted by molar-refractivity contribution is 0.103. The number of carbonyl (C=O) groups is 1. The van der Waals surface area contributed by atoms with E-state index in [4.69, 9.17) is 0 Å². The highest BCUT2D eigenvalue weighted by molar-refractivity contribution is 7.99. The van der Waals surface area contributed by atoms with Gasteiger partial charge in [-0.05, 0) is 24.3 Å². The third-order valence-corrected chi connectivity index (χ3v) is 5.52. The van der Waals surface area contributed by atoms with E-state index in [0.29, 0.717) is 10.6 Å². The first-order chi connectivity index (χ1) is 13.3. The Morgan fingerprint density at radius 3 is 2.52 bits per heavy atom. The van der Waals surface area contributed by atoms with E-state index in [1.807, 2.05) is 54.6 Å². The molecule has 7 heteroatoms. The van der Waals surface area contributed by atoms with Crippen molar-refractivity contribution in [2.24, 2.45) is 0 Å². The maximum absolute atomic E-state index is 12.5. The maximum Gasteiger partial charge on any atom is 0.267 e. The number of aromatic nitrogens is 3. The Morgan fingerprint density at radius 1 is 0.889 bits per heavy atom. The van der Waals surface area contributed by atoms with Crippen LogP contribution in [0.1, 0.15) is 9.67 Å². The average Bonchev–Trinajstić information content (AvgIpc) is 3.20. The van der Waals surface area contributed by atoms with E-state index in [1.165, 1.54) is 23.1 Å². The van der Waals surface area contributed by atoms with Crippen LogP contribution in [0.15, 0.2) is 89.3 Å². The molecule has 0 unspecified atom stereocenters. The van der Waals surface area contributed by atoms with Crippen molar-refractivity contribution in [3.63, 3.8) is 0 Å². The number of nitrogens with one attached hydrogen (secondary N) is 1. The van der Waals surface area contributed by atoms with Crippen molar-refractivity contribution in [1.29, 1.82) is 0 Å². The van der Waals surface area contributed by atoms with Crippen molar-refractivity contribution in [3.05, 3.63) is 84.1 Å². The van der Waals surface area contributed by atoms with Crippen molar-refractivity contribution in [2.75, 3.05) is 5.32 Å². The molecule has 0 saturated carbocycles. The standard InChI is InChI=1S/C20H14N4OS2/c25-19(16-13-23-20(26-16)14-6-2-1-3-7-14)24-15-9-11-22-18(12-15)27-17-8-4-5-10-21-17/h1-13H,(H,22,24,25). The molecular formula is C20H14N4OS2. The molecule has 132 valence electrons. The minimum Gasteiger partial charge on any atom is -0.321 e. The van der Waals surface area contributed by atoms with Gasteiger partial charge in [-0.3, -0.25) is 4.79 Å². The van der Waals surface area contributed by atoms with Gasteiger partial charge in [0, 0.05) is 23.6 Å². The van der Waals surface area contributed by atoms with Crippen molar-refractivity contribution in [2.45, 2.75) is 10.1 Å². The van der Waals surface area contributed by atoms with E-state index >= 15 is 0 Å². The van der Waals surface area contributed by atoms with Gasteiger partial charge in [-0.2, -0.15) is 0 Å². The van der Waals surface area contributed by atoms with Gasteiger partial charge in [-0.25, -0.2) is 15.0 Å². The van der Waals surface area contributed by atoms with Crippen LogP contribution in [0.2, 0.25) is 0 Å². The fraction of sp³-hybridized carbons (Fsp3) is 0. The highest BCUT2D eigenvalue weighted by Crippen LogP contribution is 2.27. The Balaban J connectivity index is 1.47. The molecule has 0 fully saturated rings. The summed E-state index contributed by atoms with van der Waals surface area (Å²) in [5, 5.41) is 5.34. The van der Waals surface area contributed by atoms with Crippen LogP contribution in [-0.2, 0) is 0 Å². The van der Waals surface area contributed by atoms with Gasteiger partial charge in [-0.15, -0.1) is 11.3 Å². The first kappa shape index (κ1) is 17.4. The van der Waals surface area contributed by atoms with Gasteiger partial charge < -0.3 is 5.32 Å².